The van der Waals surface area contributed by atoms with E-state index < -0.39 is 136 Å². The molecule has 0 unspecified atom stereocenters. The van der Waals surface area contributed by atoms with E-state index in [-0.39, 0.29) is 43.0 Å². The van der Waals surface area contributed by atoms with Crippen molar-refractivity contribution in [2.45, 2.75) is 436 Å². The minimum absolute atomic E-state index is 0.0601. The van der Waals surface area contributed by atoms with E-state index in [1.54, 1.807) is 62.3 Å². The van der Waals surface area contributed by atoms with Crippen LogP contribution >= 0.6 is 109 Å². The van der Waals surface area contributed by atoms with E-state index in [0.717, 1.165) is 110 Å². The molecule has 2 saturated heterocycles. The standard InChI is InChI=1S/C21H42NO5PS.C20H40NO5PS.C15H31O5PS.C13H28NO5PS.C12H28NO3PS.C11H26NO3PS/c1-19(2,3)26-28(24,27-20(4,5)6)29-17-16-25-18(23)21(7,8)12-15-22-13-10-9-11-14-22;1-18(2,3)25-27(23,26-19(4,5)6)28-16-24-17(22)20(7,8)12-15-21-13-10-9-11-14-21;1-13(2,3)12(16)18-10-11-22-21(17,19-14(4,5)6)20-15(7,8)9;1-11(2,3)18-20(16,19-12(4,5)6)21-9-17-10(15)13(7,8)14;1-11(2,3)15-17(14,16-12(4,5)6)18-10-9-13(7)8;1-10(2,3)14-16(13,15-11(4,5)6)17-9-12(7)8/h9-17H2,1-8H3;9-16H2,1-8H3;10-11H2,1-9H3;9,14H2,1-8H3;9-10H2,1-8H3;9H2,1-8H3. The lowest BCUT2D eigenvalue weighted by molar-refractivity contribution is -0.154. The van der Waals surface area contributed by atoms with Gasteiger partial charge in [-0.15, -0.1) is 0 Å². The number of rotatable bonds is 42. The molecule has 0 spiro atoms. The molecule has 0 aromatic rings. The van der Waals surface area contributed by atoms with Crippen LogP contribution in [0.4, 0.5) is 0 Å². The van der Waals surface area contributed by atoms with E-state index in [0.29, 0.717) is 17.4 Å². The number of carbonyl (C=O) groups is 4. The van der Waals surface area contributed by atoms with Gasteiger partial charge in [-0.2, -0.15) is 0 Å². The lowest BCUT2D eigenvalue weighted by Crippen LogP contribution is -2.42. The summed E-state index contributed by atoms with van der Waals surface area (Å²) in [4.78, 5) is 57.2. The Kier molecular flexibility index (Phi) is 62.2. The third-order valence-corrected chi connectivity index (χ3v) is 39.4. The van der Waals surface area contributed by atoms with Crippen molar-refractivity contribution in [3.63, 3.8) is 0 Å². The number of esters is 4. The van der Waals surface area contributed by atoms with Crippen LogP contribution in [0.3, 0.4) is 0 Å². The fourth-order valence-electron chi connectivity index (χ4n) is 10.1. The number of likely N-dealkylation sites (tertiary alicyclic amines) is 2. The van der Waals surface area contributed by atoms with E-state index in [2.05, 4.69) is 9.80 Å². The van der Waals surface area contributed by atoms with Crippen LogP contribution in [0.25, 0.3) is 0 Å². The number of hydrogen-bond donors (Lipinski definition) is 1. The number of nitrogens with two attached hydrogens (primary N) is 1. The predicted octanol–water partition coefficient (Wildman–Crippen LogP) is 28.5. The minimum atomic E-state index is -3.48. The maximum atomic E-state index is 13.1. The number of ether oxygens (including phenoxy) is 4. The van der Waals surface area contributed by atoms with Crippen LogP contribution in [0.15, 0.2) is 0 Å². The summed E-state index contributed by atoms with van der Waals surface area (Å²) < 4.78 is 166. The third-order valence-electron chi connectivity index (χ3n) is 15.1. The Morgan fingerprint density at radius 2 is 0.481 bits per heavy atom. The van der Waals surface area contributed by atoms with Gasteiger partial charge in [0, 0.05) is 46.6 Å². The molecule has 0 atom stereocenters. The van der Waals surface area contributed by atoms with Gasteiger partial charge in [-0.1, -0.05) is 12.8 Å². The number of nitrogens with zero attached hydrogens (tertiary/aromatic N) is 4. The summed E-state index contributed by atoms with van der Waals surface area (Å²) in [5.74, 6) is 0.471. The maximum absolute atomic E-state index is 13.1. The first-order chi connectivity index (χ1) is 59.5. The highest BCUT2D eigenvalue weighted by Gasteiger charge is 2.44. The van der Waals surface area contributed by atoms with Gasteiger partial charge in [-0.25, -0.2) is 27.4 Å². The first-order valence-electron chi connectivity index (χ1n) is 46.7. The van der Waals surface area contributed by atoms with Crippen LogP contribution < -0.4 is 5.73 Å². The third kappa shape index (κ3) is 84.3. The molecule has 0 amide bonds. The molecule has 0 aromatic carbocycles. The molecular formula is C92H195N5O26P6S6. The van der Waals surface area contributed by atoms with E-state index in [1.165, 1.54) is 75.1 Å². The Balaban J connectivity index is -0.000000771. The van der Waals surface area contributed by atoms with Crippen molar-refractivity contribution in [1.82, 2.24) is 19.6 Å². The average Bonchev–Trinajstić information content (AvgIpc) is 0.857. The van der Waals surface area contributed by atoms with Crippen molar-refractivity contribution < 1.29 is 120 Å². The van der Waals surface area contributed by atoms with Crippen molar-refractivity contribution in [2.75, 3.05) is 122 Å². The molecule has 0 radical (unpaired) electrons. The predicted molar refractivity (Wildman–Crippen MR) is 572 cm³/mol. The Morgan fingerprint density at radius 3 is 0.696 bits per heavy atom. The van der Waals surface area contributed by atoms with E-state index in [4.69, 9.17) is 79.0 Å². The molecule has 0 aromatic heterocycles. The Labute approximate surface area is 846 Å². The summed E-state index contributed by atoms with van der Waals surface area (Å²) in [6, 6.07) is 0. The number of piperidine rings is 2. The van der Waals surface area contributed by atoms with Gasteiger partial charge in [0.05, 0.1) is 89.3 Å². The highest BCUT2D eigenvalue weighted by molar-refractivity contribution is 8.56. The topological polar surface area (TPSA) is 357 Å². The van der Waals surface area contributed by atoms with Gasteiger partial charge in [-0.3, -0.25) is 78.4 Å². The quantitative estimate of drug-likeness (QED) is 0.0195. The second kappa shape index (κ2) is 59.2. The molecule has 810 valence electrons. The highest BCUT2D eigenvalue weighted by Crippen LogP contribution is 2.70. The van der Waals surface area contributed by atoms with Gasteiger partial charge in [-0.05, 0) is 463 Å². The van der Waals surface area contributed by atoms with E-state index in [1.807, 2.05) is 273 Å². The highest BCUT2D eigenvalue weighted by atomic mass is 32.7. The molecule has 2 aliphatic rings. The molecule has 2 rings (SSSR count). The van der Waals surface area contributed by atoms with Crippen molar-refractivity contribution in [3.8, 4) is 0 Å². The summed E-state index contributed by atoms with van der Waals surface area (Å²) in [6.07, 6.45) is 9.08. The molecule has 31 nitrogen and oxygen atoms in total. The van der Waals surface area contributed by atoms with Crippen LogP contribution in [0.2, 0.25) is 0 Å². The first-order valence-corrected chi connectivity index (χ1v) is 65.5. The zero-order chi connectivity index (χ0) is 107. The van der Waals surface area contributed by atoms with Gasteiger partial charge in [0.15, 0.2) is 0 Å². The number of carbonyl (C=O) groups excluding carboxylic acids is 4. The van der Waals surface area contributed by atoms with Crippen LogP contribution in [-0.2, 0) is 120 Å². The summed E-state index contributed by atoms with van der Waals surface area (Å²) in [5.41, 5.74) is -4.00. The molecule has 135 heavy (non-hydrogen) atoms. The summed E-state index contributed by atoms with van der Waals surface area (Å²) in [5, 5.41) is 0. The molecule has 0 aliphatic carbocycles. The zero-order valence-electron chi connectivity index (χ0n) is 93.4. The Morgan fingerprint density at radius 1 is 0.274 bits per heavy atom. The van der Waals surface area contributed by atoms with Crippen LogP contribution in [0, 0.1) is 16.2 Å². The fraction of sp³-hybridized carbons (Fsp3) is 0.957. The van der Waals surface area contributed by atoms with Crippen molar-refractivity contribution in [3.05, 3.63) is 0 Å². The monoisotopic (exact) mass is 2160 g/mol. The SMILES string of the molecule is CC(C)(C)OP(=O)(OC(C)(C)C)SCCOC(=O)C(C)(C)C.CC(C)(C)OP(=O)(OC(C)(C)C)SCCOC(=O)C(C)(C)CCN1CCCCC1.CC(C)(C)OP(=O)(OC(C)(C)C)SCOC(=O)C(C)(C)CCN1CCCCC1.CC(C)(C)OP(=O)(OC(C)(C)C)SCOC(=O)C(C)(C)N.CN(C)CCSP(=O)(OC(C)(C)C)OC(C)(C)C.CN(C)CSP(=O)(OC(C)(C)C)OC(C)(C)C. The summed E-state index contributed by atoms with van der Waals surface area (Å²) >= 11 is 6.41. The molecule has 0 bridgehead atoms. The smallest absolute Gasteiger partial charge is 0.393 e. The second-order valence-corrected chi connectivity index (χ2v) is 72.2. The molecule has 2 N–H and O–H groups in total. The normalized spacial score (nSPS) is 15.6. The van der Waals surface area contributed by atoms with E-state index >= 15 is 0 Å². The molecule has 2 heterocycles. The van der Waals surface area contributed by atoms with Crippen molar-refractivity contribution >= 4 is 133 Å². The molecule has 0 saturated carbocycles. The minimum Gasteiger partial charge on any atom is -0.464 e. The van der Waals surface area contributed by atoms with Crippen LogP contribution in [0.5, 0.6) is 0 Å². The van der Waals surface area contributed by atoms with Gasteiger partial charge in [0.2, 0.25) is 0 Å². The van der Waals surface area contributed by atoms with Crippen LogP contribution in [0.1, 0.15) is 363 Å². The van der Waals surface area contributed by atoms with Gasteiger partial charge >= 0.3 is 64.7 Å². The largest absolute Gasteiger partial charge is 0.464 e. The Bertz CT molecular complexity index is 3600. The lowest BCUT2D eigenvalue weighted by atomic mass is 9.89. The first kappa shape index (κ1) is 142. The number of hydrogen-bond acceptors (Lipinski definition) is 37. The van der Waals surface area contributed by atoms with Crippen molar-refractivity contribution in [2.24, 2.45) is 22.0 Å². The van der Waals surface area contributed by atoms with Gasteiger partial charge in [0.25, 0.3) is 0 Å². The zero-order valence-corrected chi connectivity index (χ0v) is 104. The molecule has 2 fully saturated rings. The molecule has 2 aliphatic heterocycles. The summed E-state index contributed by atoms with van der Waals surface area (Å²) in [7, 11) is 7.82. The summed E-state index contributed by atoms with van der Waals surface area (Å²) in [6.45, 7) is 69.9. The maximum Gasteiger partial charge on any atom is 0.393 e. The molecular weight excluding hydrogens is 1970 g/mol. The fourth-order valence-corrected chi connectivity index (χ4v) is 36.2. The molecule has 43 heteroatoms. The van der Waals surface area contributed by atoms with Crippen molar-refractivity contribution in [1.29, 1.82) is 0 Å². The lowest BCUT2D eigenvalue weighted by Gasteiger charge is -2.32. The van der Waals surface area contributed by atoms with Gasteiger partial charge in [0.1, 0.15) is 30.6 Å². The van der Waals surface area contributed by atoms with E-state index in [9.17, 15) is 46.6 Å². The second-order valence-electron chi connectivity index (χ2n) is 48.4. The van der Waals surface area contributed by atoms with Gasteiger partial charge < -0.3 is 39.4 Å². The average molecular weight is 2170 g/mol. The Hall–Kier alpha value is 0.680. The van der Waals surface area contributed by atoms with Crippen LogP contribution in [-0.4, -0.2) is 238 Å².